The van der Waals surface area contributed by atoms with Crippen LogP contribution in [-0.2, 0) is 22.3 Å². The number of amides is 2. The van der Waals surface area contributed by atoms with Crippen LogP contribution in [0.2, 0.25) is 0 Å². The molecule has 0 aliphatic heterocycles. The molecule has 0 aliphatic rings. The maximum absolute atomic E-state index is 13.4. The number of carbonyl (C=O) groups excluding carboxylic acids is 2. The van der Waals surface area contributed by atoms with E-state index in [0.29, 0.717) is 11.5 Å². The Balaban J connectivity index is 1.96. The summed E-state index contributed by atoms with van der Waals surface area (Å²) < 4.78 is 45.6. The molecule has 0 spiro atoms. The molecule has 0 fully saturated rings. The third-order valence-electron chi connectivity index (χ3n) is 4.91. The number of hydrogen-bond acceptors (Lipinski definition) is 6. The Morgan fingerprint density at radius 3 is 2.46 bits per heavy atom. The maximum atomic E-state index is 13.4. The predicted molar refractivity (Wildman–Crippen MR) is 121 cm³/mol. The zero-order chi connectivity index (χ0) is 26.0. The first-order chi connectivity index (χ1) is 16.3. The SMILES string of the molecule is CCC(C(=O)NC(C)(C)C)N(C(=O)Cn1nnc(-c2ccc(C)o2)n1)c1cccc(C(F)(F)F)c1. The molecule has 0 saturated carbocycles. The Morgan fingerprint density at radius 1 is 1.17 bits per heavy atom. The topological polar surface area (TPSA) is 106 Å². The lowest BCUT2D eigenvalue weighted by molar-refractivity contribution is -0.137. The number of benzene rings is 1. The van der Waals surface area contributed by atoms with Gasteiger partial charge in [-0.25, -0.2) is 0 Å². The molecule has 1 aromatic carbocycles. The number of nitrogens with zero attached hydrogens (tertiary/aromatic N) is 5. The van der Waals surface area contributed by atoms with Gasteiger partial charge >= 0.3 is 6.18 Å². The quantitative estimate of drug-likeness (QED) is 0.535. The second-order valence-corrected chi connectivity index (χ2v) is 9.03. The molecular formula is C23H27F3N6O3. The summed E-state index contributed by atoms with van der Waals surface area (Å²) in [5, 5.41) is 14.6. The summed E-state index contributed by atoms with van der Waals surface area (Å²) >= 11 is 0. The zero-order valence-electron chi connectivity index (χ0n) is 20.1. The van der Waals surface area contributed by atoms with Gasteiger partial charge in [0, 0.05) is 11.2 Å². The van der Waals surface area contributed by atoms with Crippen LogP contribution in [-0.4, -0.2) is 43.6 Å². The molecule has 0 radical (unpaired) electrons. The highest BCUT2D eigenvalue weighted by molar-refractivity contribution is 6.00. The second kappa shape index (κ2) is 9.88. The van der Waals surface area contributed by atoms with Gasteiger partial charge in [0.15, 0.2) is 5.76 Å². The first-order valence-corrected chi connectivity index (χ1v) is 10.9. The summed E-state index contributed by atoms with van der Waals surface area (Å²) in [5.41, 5.74) is -1.62. The van der Waals surface area contributed by atoms with Crippen molar-refractivity contribution in [2.24, 2.45) is 0 Å². The van der Waals surface area contributed by atoms with Gasteiger partial charge < -0.3 is 9.73 Å². The fourth-order valence-electron chi connectivity index (χ4n) is 3.43. The summed E-state index contributed by atoms with van der Waals surface area (Å²) in [6.45, 7) is 8.27. The molecule has 2 aromatic heterocycles. The third kappa shape index (κ3) is 6.46. The van der Waals surface area contributed by atoms with Gasteiger partial charge in [0.1, 0.15) is 18.3 Å². The number of furan rings is 1. The van der Waals surface area contributed by atoms with Crippen molar-refractivity contribution in [2.75, 3.05) is 4.90 Å². The molecule has 0 saturated heterocycles. The third-order valence-corrected chi connectivity index (χ3v) is 4.91. The second-order valence-electron chi connectivity index (χ2n) is 9.03. The first-order valence-electron chi connectivity index (χ1n) is 10.9. The van der Waals surface area contributed by atoms with Gasteiger partial charge in [-0.05, 0) is 69.7 Å². The van der Waals surface area contributed by atoms with E-state index in [1.54, 1.807) is 46.8 Å². The van der Waals surface area contributed by atoms with Crippen LogP contribution >= 0.6 is 0 Å². The minimum Gasteiger partial charge on any atom is -0.458 e. The van der Waals surface area contributed by atoms with E-state index in [2.05, 4.69) is 20.7 Å². The highest BCUT2D eigenvalue weighted by atomic mass is 19.4. The minimum absolute atomic E-state index is 0.0669. The summed E-state index contributed by atoms with van der Waals surface area (Å²) in [6.07, 6.45) is -4.46. The van der Waals surface area contributed by atoms with E-state index in [9.17, 15) is 22.8 Å². The molecule has 1 N–H and O–H groups in total. The van der Waals surface area contributed by atoms with Crippen LogP contribution < -0.4 is 10.2 Å². The minimum atomic E-state index is -4.62. The lowest BCUT2D eigenvalue weighted by atomic mass is 10.0. The molecule has 188 valence electrons. The first kappa shape index (κ1) is 25.9. The summed E-state index contributed by atoms with van der Waals surface area (Å²) in [6, 6.07) is 6.59. The van der Waals surface area contributed by atoms with Crippen molar-refractivity contribution in [1.29, 1.82) is 0 Å². The Kier molecular flexibility index (Phi) is 7.32. The molecule has 3 aromatic rings. The molecule has 35 heavy (non-hydrogen) atoms. The zero-order valence-corrected chi connectivity index (χ0v) is 20.1. The molecule has 12 heteroatoms. The van der Waals surface area contributed by atoms with Crippen molar-refractivity contribution in [2.45, 2.75) is 65.3 Å². The average Bonchev–Trinajstić information content (AvgIpc) is 3.38. The lowest BCUT2D eigenvalue weighted by Gasteiger charge is -2.33. The van der Waals surface area contributed by atoms with Crippen LogP contribution in [0.1, 0.15) is 45.4 Å². The van der Waals surface area contributed by atoms with Gasteiger partial charge in [-0.2, -0.15) is 18.0 Å². The Labute approximate surface area is 200 Å². The summed E-state index contributed by atoms with van der Waals surface area (Å²) in [4.78, 5) is 28.5. The molecule has 2 amide bonds. The summed E-state index contributed by atoms with van der Waals surface area (Å²) in [7, 11) is 0. The number of anilines is 1. The number of tetrazole rings is 1. The van der Waals surface area contributed by atoms with E-state index in [-0.39, 0.29) is 17.9 Å². The van der Waals surface area contributed by atoms with Crippen molar-refractivity contribution in [3.8, 4) is 11.6 Å². The number of carbonyl (C=O) groups is 2. The van der Waals surface area contributed by atoms with Crippen LogP contribution in [0.25, 0.3) is 11.6 Å². The fourth-order valence-corrected chi connectivity index (χ4v) is 3.43. The van der Waals surface area contributed by atoms with E-state index < -0.39 is 41.7 Å². The molecule has 0 aliphatic carbocycles. The smallest absolute Gasteiger partial charge is 0.416 e. The van der Waals surface area contributed by atoms with Crippen LogP contribution in [0.5, 0.6) is 0 Å². The van der Waals surface area contributed by atoms with Crippen LogP contribution in [0, 0.1) is 6.92 Å². The molecule has 1 unspecified atom stereocenters. The Hall–Kier alpha value is -3.70. The fraction of sp³-hybridized carbons (Fsp3) is 0.435. The van der Waals surface area contributed by atoms with Gasteiger partial charge in [-0.1, -0.05) is 13.0 Å². The van der Waals surface area contributed by atoms with Crippen molar-refractivity contribution in [3.05, 3.63) is 47.7 Å². The number of nitrogens with one attached hydrogen (secondary N) is 1. The number of alkyl halides is 3. The number of halogens is 3. The maximum Gasteiger partial charge on any atom is 0.416 e. The number of hydrogen-bond donors (Lipinski definition) is 1. The number of rotatable bonds is 7. The highest BCUT2D eigenvalue weighted by Crippen LogP contribution is 2.32. The summed E-state index contributed by atoms with van der Waals surface area (Å²) in [5.74, 6) is -0.0383. The number of aromatic nitrogens is 4. The Morgan fingerprint density at radius 2 is 1.89 bits per heavy atom. The van der Waals surface area contributed by atoms with E-state index >= 15 is 0 Å². The van der Waals surface area contributed by atoms with Crippen LogP contribution in [0.3, 0.4) is 0 Å². The van der Waals surface area contributed by atoms with Crippen LogP contribution in [0.4, 0.5) is 18.9 Å². The molecule has 3 rings (SSSR count). The standard InChI is InChI=1S/C23H27F3N6O3/c1-6-17(21(34)27-22(3,4)5)32(16-9-7-8-15(12-16)23(24,25)26)19(33)13-31-29-20(28-30-31)18-11-10-14(2)35-18/h7-12,17H,6,13H2,1-5H3,(H,27,34). The largest absolute Gasteiger partial charge is 0.458 e. The van der Waals surface area contributed by atoms with E-state index in [4.69, 9.17) is 4.42 Å². The molecular weight excluding hydrogens is 465 g/mol. The predicted octanol–water partition coefficient (Wildman–Crippen LogP) is 3.99. The van der Waals surface area contributed by atoms with Gasteiger partial charge in [-0.3, -0.25) is 14.5 Å². The molecule has 9 nitrogen and oxygen atoms in total. The van der Waals surface area contributed by atoms with E-state index in [1.807, 2.05) is 0 Å². The average molecular weight is 493 g/mol. The van der Waals surface area contributed by atoms with Crippen molar-refractivity contribution in [3.63, 3.8) is 0 Å². The normalized spacial score (nSPS) is 12.9. The van der Waals surface area contributed by atoms with E-state index in [0.717, 1.165) is 21.8 Å². The lowest BCUT2D eigenvalue weighted by Crippen LogP contribution is -2.54. The highest BCUT2D eigenvalue weighted by Gasteiger charge is 2.35. The van der Waals surface area contributed by atoms with Crippen molar-refractivity contribution >= 4 is 17.5 Å². The number of aryl methyl sites for hydroxylation is 1. The molecule has 0 bridgehead atoms. The monoisotopic (exact) mass is 492 g/mol. The van der Waals surface area contributed by atoms with Crippen molar-refractivity contribution < 1.29 is 27.2 Å². The van der Waals surface area contributed by atoms with E-state index in [1.165, 1.54) is 12.1 Å². The van der Waals surface area contributed by atoms with Gasteiger partial charge in [0.05, 0.1) is 5.56 Å². The Bertz CT molecular complexity index is 1200. The van der Waals surface area contributed by atoms with Crippen molar-refractivity contribution in [1.82, 2.24) is 25.5 Å². The van der Waals surface area contributed by atoms with Gasteiger partial charge in [0.25, 0.3) is 5.91 Å². The van der Waals surface area contributed by atoms with Gasteiger partial charge in [-0.15, -0.1) is 10.2 Å². The van der Waals surface area contributed by atoms with Gasteiger partial charge in [0.2, 0.25) is 11.7 Å². The molecule has 1 atom stereocenters. The van der Waals surface area contributed by atoms with Crippen LogP contribution in [0.15, 0.2) is 40.8 Å². The molecule has 2 heterocycles.